The van der Waals surface area contributed by atoms with Gasteiger partial charge in [0.1, 0.15) is 11.9 Å². The summed E-state index contributed by atoms with van der Waals surface area (Å²) in [5, 5.41) is 24.5. The lowest BCUT2D eigenvalue weighted by molar-refractivity contribution is -0.137. The summed E-state index contributed by atoms with van der Waals surface area (Å²) in [5.41, 5.74) is 1.95. The van der Waals surface area contributed by atoms with Gasteiger partial charge in [-0.3, -0.25) is 4.79 Å². The van der Waals surface area contributed by atoms with Crippen LogP contribution in [0, 0.1) is 6.92 Å². The second kappa shape index (κ2) is 12.4. The van der Waals surface area contributed by atoms with Crippen molar-refractivity contribution in [2.75, 3.05) is 19.7 Å². The molecule has 184 valence electrons. The zero-order valence-electron chi connectivity index (χ0n) is 19.9. The van der Waals surface area contributed by atoms with E-state index in [4.69, 9.17) is 9.57 Å². The molecule has 8 heteroatoms. The summed E-state index contributed by atoms with van der Waals surface area (Å²) in [6.07, 6.45) is 9.99. The van der Waals surface area contributed by atoms with Gasteiger partial charge in [-0.05, 0) is 68.9 Å². The van der Waals surface area contributed by atoms with Crippen molar-refractivity contribution in [2.24, 2.45) is 5.16 Å². The number of phenols is 1. The van der Waals surface area contributed by atoms with Crippen molar-refractivity contribution in [3.63, 3.8) is 0 Å². The first-order valence-corrected chi connectivity index (χ1v) is 11.8. The third kappa shape index (κ3) is 7.45. The van der Waals surface area contributed by atoms with Crippen LogP contribution in [0.5, 0.6) is 5.75 Å². The largest absolute Gasteiger partial charge is 0.508 e. The number of carbonyl (C=O) groups is 2. The number of piperidine rings is 1. The summed E-state index contributed by atoms with van der Waals surface area (Å²) >= 11 is 0. The highest BCUT2D eigenvalue weighted by Gasteiger charge is 2.21. The molecule has 0 saturated carbocycles. The third-order valence-electron chi connectivity index (χ3n) is 5.88. The van der Waals surface area contributed by atoms with Gasteiger partial charge in [0.25, 0.3) is 5.91 Å². The number of allylic oxidation sites excluding steroid dienone is 1. The molecular formula is C26H34N2O6. The first-order valence-electron chi connectivity index (χ1n) is 11.8. The van der Waals surface area contributed by atoms with Crippen molar-refractivity contribution in [1.29, 1.82) is 0 Å². The van der Waals surface area contributed by atoms with Gasteiger partial charge in [0.15, 0.2) is 6.61 Å². The average Bonchev–Trinajstić information content (AvgIpc) is 2.78. The zero-order valence-corrected chi connectivity index (χ0v) is 19.9. The first kappa shape index (κ1) is 25.5. The lowest BCUT2D eigenvalue weighted by Gasteiger charge is -2.26. The Morgan fingerprint density at radius 2 is 1.97 bits per heavy atom. The van der Waals surface area contributed by atoms with Crippen LogP contribution >= 0.6 is 0 Å². The summed E-state index contributed by atoms with van der Waals surface area (Å²) in [7, 11) is 0. The zero-order chi connectivity index (χ0) is 24.5. The number of aliphatic hydroxyl groups excluding tert-OH is 1. The molecule has 0 unspecified atom stereocenters. The van der Waals surface area contributed by atoms with E-state index in [1.54, 1.807) is 43.1 Å². The van der Waals surface area contributed by atoms with Crippen molar-refractivity contribution in [2.45, 2.75) is 64.6 Å². The lowest BCUT2D eigenvalue weighted by Crippen LogP contribution is -2.37. The number of aromatic hydroxyl groups is 1. The molecule has 1 fully saturated rings. The molecule has 0 aromatic heterocycles. The molecule has 0 radical (unpaired) electrons. The van der Waals surface area contributed by atoms with Crippen LogP contribution in [-0.4, -0.2) is 64.6 Å². The van der Waals surface area contributed by atoms with Gasteiger partial charge in [0.05, 0.1) is 17.4 Å². The number of rotatable bonds is 3. The van der Waals surface area contributed by atoms with Gasteiger partial charge in [0, 0.05) is 25.9 Å². The minimum atomic E-state index is -0.691. The number of fused-ring (bicyclic) bond motifs is 1. The Bertz CT molecular complexity index is 962. The maximum Gasteiger partial charge on any atom is 0.338 e. The van der Waals surface area contributed by atoms with E-state index in [9.17, 15) is 19.8 Å². The second-order valence-electron chi connectivity index (χ2n) is 8.86. The molecule has 2 heterocycles. The summed E-state index contributed by atoms with van der Waals surface area (Å²) < 4.78 is 5.60. The van der Waals surface area contributed by atoms with Crippen molar-refractivity contribution in [3.05, 3.63) is 53.1 Å². The number of hydrogen-bond donors (Lipinski definition) is 2. The van der Waals surface area contributed by atoms with Gasteiger partial charge >= 0.3 is 5.97 Å². The molecule has 1 aromatic carbocycles. The van der Waals surface area contributed by atoms with Crippen molar-refractivity contribution in [1.82, 2.24) is 4.90 Å². The van der Waals surface area contributed by atoms with E-state index in [2.05, 4.69) is 5.16 Å². The Labute approximate surface area is 200 Å². The van der Waals surface area contributed by atoms with Gasteiger partial charge in [0.2, 0.25) is 0 Å². The number of aliphatic hydroxyl groups is 1. The summed E-state index contributed by atoms with van der Waals surface area (Å²) in [6, 6.07) is 3.03. The predicted molar refractivity (Wildman–Crippen MR) is 129 cm³/mol. The quantitative estimate of drug-likeness (QED) is 0.398. The van der Waals surface area contributed by atoms with Crippen LogP contribution in [-0.2, 0) is 20.8 Å². The maximum atomic E-state index is 13.0. The Kier molecular flexibility index (Phi) is 9.27. The van der Waals surface area contributed by atoms with Crippen LogP contribution in [0.4, 0.5) is 0 Å². The highest BCUT2D eigenvalue weighted by molar-refractivity contribution is 6.00. The minimum Gasteiger partial charge on any atom is -0.508 e. The Morgan fingerprint density at radius 3 is 2.74 bits per heavy atom. The van der Waals surface area contributed by atoms with Crippen LogP contribution in [0.3, 0.4) is 0 Å². The summed E-state index contributed by atoms with van der Waals surface area (Å²) in [4.78, 5) is 32.5. The van der Waals surface area contributed by atoms with Crippen molar-refractivity contribution >= 4 is 17.6 Å². The lowest BCUT2D eigenvalue weighted by atomic mass is 9.96. The van der Waals surface area contributed by atoms with Crippen molar-refractivity contribution in [3.8, 4) is 5.75 Å². The number of cyclic esters (lactones) is 1. The van der Waals surface area contributed by atoms with E-state index < -0.39 is 12.1 Å². The van der Waals surface area contributed by atoms with Gasteiger partial charge in [-0.2, -0.15) is 0 Å². The second-order valence-corrected chi connectivity index (χ2v) is 8.86. The van der Waals surface area contributed by atoms with E-state index >= 15 is 0 Å². The molecule has 1 saturated heterocycles. The van der Waals surface area contributed by atoms with Gasteiger partial charge in [-0.25, -0.2) is 4.79 Å². The number of ether oxygens (including phenoxy) is 1. The topological polar surface area (TPSA) is 109 Å². The van der Waals surface area contributed by atoms with Crippen LogP contribution in [0.25, 0.3) is 0 Å². The standard InChI is InChI=1S/C26H34N2O6/c1-18-14-23(30)16-20-15-21(27-33-17-24(31)28-12-4-3-5-13-28)9-7-11-22(29)10-6-8-19(2)34-26(32)25(18)20/h6-7,9-10,14,16,19,22,29-30H,3-5,8,11-13,15,17H2,1-2H3/b9-7+,10-6+,27-21-/t19-,22-/m1/s1. The smallest absolute Gasteiger partial charge is 0.338 e. The molecule has 0 aliphatic carbocycles. The van der Waals surface area contributed by atoms with Gasteiger partial charge < -0.3 is 24.7 Å². The van der Waals surface area contributed by atoms with Crippen LogP contribution < -0.4 is 0 Å². The highest BCUT2D eigenvalue weighted by atomic mass is 16.6. The van der Waals surface area contributed by atoms with E-state index in [0.717, 1.165) is 32.4 Å². The fourth-order valence-corrected chi connectivity index (χ4v) is 4.13. The number of amides is 1. The molecule has 34 heavy (non-hydrogen) atoms. The normalized spacial score (nSPS) is 25.1. The fourth-order valence-electron chi connectivity index (χ4n) is 4.13. The molecule has 0 spiro atoms. The van der Waals surface area contributed by atoms with E-state index in [1.807, 2.05) is 0 Å². The summed E-state index contributed by atoms with van der Waals surface area (Å²) in [6.45, 7) is 4.82. The Morgan fingerprint density at radius 1 is 1.21 bits per heavy atom. The van der Waals surface area contributed by atoms with E-state index in [-0.39, 0.29) is 30.8 Å². The maximum absolute atomic E-state index is 13.0. The molecular weight excluding hydrogens is 436 g/mol. The number of aryl methyl sites for hydroxylation is 1. The SMILES string of the molecule is Cc1cc(O)cc2c1C(=O)O[C@H](C)C/C=C/[C@@H](O)C/C=C/C(=N/OCC(=O)N1CCCCC1)C2. The fraction of sp³-hybridized carbons (Fsp3) is 0.500. The van der Waals surface area contributed by atoms with Crippen LogP contribution in [0.15, 0.2) is 41.6 Å². The molecule has 3 rings (SSSR count). The molecule has 2 aliphatic rings. The van der Waals surface area contributed by atoms with Crippen LogP contribution in [0.2, 0.25) is 0 Å². The molecule has 2 atom stereocenters. The predicted octanol–water partition coefficient (Wildman–Crippen LogP) is 3.44. The Hall–Kier alpha value is -3.13. The number of esters is 1. The van der Waals surface area contributed by atoms with Gasteiger partial charge in [-0.15, -0.1) is 0 Å². The molecule has 1 aromatic rings. The number of phenolic OH excluding ortho intramolecular Hbond substituents is 1. The van der Waals surface area contributed by atoms with Crippen molar-refractivity contribution < 1.29 is 29.4 Å². The molecule has 2 N–H and O–H groups in total. The summed E-state index contributed by atoms with van der Waals surface area (Å²) in [5.74, 6) is -0.572. The molecule has 0 bridgehead atoms. The van der Waals surface area contributed by atoms with E-state index in [1.165, 1.54) is 12.1 Å². The number of oxime groups is 1. The molecule has 8 nitrogen and oxygen atoms in total. The molecule has 1 amide bonds. The Balaban J connectivity index is 1.86. The minimum absolute atomic E-state index is 0.0288. The number of nitrogens with zero attached hydrogens (tertiary/aromatic N) is 2. The number of hydrogen-bond acceptors (Lipinski definition) is 7. The monoisotopic (exact) mass is 470 g/mol. The number of likely N-dealkylation sites (tertiary alicyclic amines) is 1. The first-order chi connectivity index (χ1) is 16.3. The van der Waals surface area contributed by atoms with Gasteiger partial charge in [-0.1, -0.05) is 23.4 Å². The molecule has 2 aliphatic heterocycles. The number of benzene rings is 1. The average molecular weight is 471 g/mol. The van der Waals surface area contributed by atoms with E-state index in [0.29, 0.717) is 35.2 Å². The number of carbonyl (C=O) groups excluding carboxylic acids is 2. The van der Waals surface area contributed by atoms with Crippen LogP contribution in [0.1, 0.15) is 60.5 Å². The third-order valence-corrected chi connectivity index (χ3v) is 5.88. The highest BCUT2D eigenvalue weighted by Crippen LogP contribution is 2.24.